The van der Waals surface area contributed by atoms with E-state index in [4.69, 9.17) is 0 Å². The Morgan fingerprint density at radius 1 is 1.35 bits per heavy atom. The molecular weight excluding hydrogens is 293 g/mol. The van der Waals surface area contributed by atoms with Crippen LogP contribution in [-0.4, -0.2) is 22.6 Å². The number of aromatic nitrogens is 2. The minimum Gasteiger partial charge on any atom is -0.350 e. The van der Waals surface area contributed by atoms with Crippen LogP contribution in [0.2, 0.25) is 0 Å². The first-order chi connectivity index (χ1) is 11.0. The van der Waals surface area contributed by atoms with Crippen molar-refractivity contribution >= 4 is 5.91 Å². The molecule has 1 saturated carbocycles. The minimum atomic E-state index is -0.234. The number of rotatable bonds is 6. The molecule has 0 atom stereocenters. The van der Waals surface area contributed by atoms with Crippen LogP contribution in [0.3, 0.4) is 0 Å². The fourth-order valence-electron chi connectivity index (χ4n) is 2.88. The van der Waals surface area contributed by atoms with E-state index in [0.717, 1.165) is 30.5 Å². The highest BCUT2D eigenvalue weighted by Gasteiger charge is 2.44. The number of benzene rings is 1. The molecule has 0 radical (unpaired) electrons. The fraction of sp³-hybridized carbons (Fsp3) is 0.444. The normalized spacial score (nSPS) is 15.7. The van der Waals surface area contributed by atoms with Crippen LogP contribution in [0.5, 0.6) is 0 Å². The molecule has 0 aliphatic heterocycles. The zero-order chi connectivity index (χ0) is 16.4. The van der Waals surface area contributed by atoms with Crippen LogP contribution in [0, 0.1) is 11.7 Å². The fourth-order valence-corrected chi connectivity index (χ4v) is 2.88. The van der Waals surface area contributed by atoms with Gasteiger partial charge >= 0.3 is 0 Å². The van der Waals surface area contributed by atoms with Gasteiger partial charge < -0.3 is 5.32 Å². The number of H-pyrrole nitrogens is 1. The van der Waals surface area contributed by atoms with Crippen LogP contribution in [0.1, 0.15) is 48.4 Å². The van der Waals surface area contributed by atoms with Gasteiger partial charge in [0.1, 0.15) is 11.5 Å². The molecule has 1 aliphatic rings. The summed E-state index contributed by atoms with van der Waals surface area (Å²) in [6.07, 6.45) is 2.90. The lowest BCUT2D eigenvalue weighted by atomic mass is 9.96. The van der Waals surface area contributed by atoms with E-state index in [9.17, 15) is 9.18 Å². The molecule has 0 bridgehead atoms. The smallest absolute Gasteiger partial charge is 0.271 e. The van der Waals surface area contributed by atoms with Crippen molar-refractivity contribution in [2.24, 2.45) is 5.92 Å². The van der Waals surface area contributed by atoms with Crippen molar-refractivity contribution in [1.29, 1.82) is 0 Å². The summed E-state index contributed by atoms with van der Waals surface area (Å²) in [6, 6.07) is 8.38. The molecule has 2 N–H and O–H groups in total. The van der Waals surface area contributed by atoms with Gasteiger partial charge in [0.25, 0.3) is 5.91 Å². The van der Waals surface area contributed by atoms with Crippen LogP contribution in [-0.2, 0) is 11.8 Å². The predicted octanol–water partition coefficient (Wildman–Crippen LogP) is 3.21. The first-order valence-corrected chi connectivity index (χ1v) is 8.07. The number of nitrogens with one attached hydrogen (secondary N) is 2. The van der Waals surface area contributed by atoms with Gasteiger partial charge in [-0.05, 0) is 48.9 Å². The Kier molecular flexibility index (Phi) is 4.20. The van der Waals surface area contributed by atoms with Crippen molar-refractivity contribution < 1.29 is 9.18 Å². The van der Waals surface area contributed by atoms with Crippen LogP contribution in [0.25, 0.3) is 0 Å². The summed E-state index contributed by atoms with van der Waals surface area (Å²) < 4.78 is 13.0. The molecule has 1 amide bonds. The minimum absolute atomic E-state index is 0.0412. The highest BCUT2D eigenvalue weighted by atomic mass is 19.1. The number of nitrogens with zero attached hydrogens (tertiary/aromatic N) is 1. The monoisotopic (exact) mass is 315 g/mol. The van der Waals surface area contributed by atoms with Crippen LogP contribution >= 0.6 is 0 Å². The van der Waals surface area contributed by atoms with Crippen LogP contribution < -0.4 is 5.32 Å². The molecule has 1 fully saturated rings. The van der Waals surface area contributed by atoms with Gasteiger partial charge in [0.2, 0.25) is 0 Å². The highest BCUT2D eigenvalue weighted by molar-refractivity contribution is 5.92. The summed E-state index contributed by atoms with van der Waals surface area (Å²) in [4.78, 5) is 12.3. The molecular formula is C18H22FN3O. The Bertz CT molecular complexity index is 687. The Labute approximate surface area is 135 Å². The van der Waals surface area contributed by atoms with Crippen molar-refractivity contribution in [2.45, 2.75) is 38.5 Å². The number of carbonyl (C=O) groups is 1. The number of aromatic amines is 1. The number of amides is 1. The van der Waals surface area contributed by atoms with Crippen molar-refractivity contribution in [1.82, 2.24) is 15.5 Å². The molecule has 23 heavy (non-hydrogen) atoms. The molecule has 0 spiro atoms. The zero-order valence-electron chi connectivity index (χ0n) is 13.5. The third-order valence-electron chi connectivity index (χ3n) is 4.39. The summed E-state index contributed by atoms with van der Waals surface area (Å²) in [5.74, 6) is 0.118. The summed E-state index contributed by atoms with van der Waals surface area (Å²) >= 11 is 0. The molecule has 0 unspecified atom stereocenters. The maximum Gasteiger partial charge on any atom is 0.271 e. The lowest BCUT2D eigenvalue weighted by Gasteiger charge is -2.16. The molecule has 3 rings (SSSR count). The molecule has 0 saturated heterocycles. The second-order valence-corrected chi connectivity index (χ2v) is 6.85. The van der Waals surface area contributed by atoms with Gasteiger partial charge in [0, 0.05) is 17.7 Å². The van der Waals surface area contributed by atoms with Gasteiger partial charge in [-0.15, -0.1) is 0 Å². The Morgan fingerprint density at radius 2 is 2.04 bits per heavy atom. The topological polar surface area (TPSA) is 57.8 Å². The van der Waals surface area contributed by atoms with Gasteiger partial charge in [-0.3, -0.25) is 9.89 Å². The Hall–Kier alpha value is -2.17. The van der Waals surface area contributed by atoms with Gasteiger partial charge in [-0.2, -0.15) is 5.10 Å². The Balaban J connectivity index is 1.60. The molecule has 1 aromatic heterocycles. The second kappa shape index (κ2) is 6.14. The summed E-state index contributed by atoms with van der Waals surface area (Å²) in [5.41, 5.74) is 2.45. The van der Waals surface area contributed by atoms with E-state index in [0.29, 0.717) is 18.2 Å². The van der Waals surface area contributed by atoms with Crippen LogP contribution in [0.4, 0.5) is 4.39 Å². The number of hydrogen-bond donors (Lipinski definition) is 2. The molecule has 1 aromatic carbocycles. The third kappa shape index (κ3) is 3.60. The molecule has 5 heteroatoms. The van der Waals surface area contributed by atoms with Crippen molar-refractivity contribution in [2.75, 3.05) is 6.54 Å². The SMILES string of the molecule is CC(C)Cc1cc(C(=O)NCC2(c3ccc(F)cc3)CC2)n[nH]1. The standard InChI is InChI=1S/C18H22FN3O/c1-12(2)9-15-10-16(22-21-15)17(23)20-11-18(7-8-18)13-3-5-14(19)6-4-13/h3-6,10,12H,7-9,11H2,1-2H3,(H,20,23)(H,21,22). The number of hydrogen-bond acceptors (Lipinski definition) is 2. The van der Waals surface area contributed by atoms with E-state index >= 15 is 0 Å². The average molecular weight is 315 g/mol. The summed E-state index contributed by atoms with van der Waals surface area (Å²) in [7, 11) is 0. The predicted molar refractivity (Wildman–Crippen MR) is 86.8 cm³/mol. The molecule has 1 aliphatic carbocycles. The third-order valence-corrected chi connectivity index (χ3v) is 4.39. The Morgan fingerprint density at radius 3 is 2.65 bits per heavy atom. The zero-order valence-corrected chi connectivity index (χ0v) is 13.5. The summed E-state index contributed by atoms with van der Waals surface area (Å²) in [5, 5.41) is 9.97. The molecule has 122 valence electrons. The van der Waals surface area contributed by atoms with E-state index in [2.05, 4.69) is 29.4 Å². The lowest BCUT2D eigenvalue weighted by Crippen LogP contribution is -2.32. The van der Waals surface area contributed by atoms with Gasteiger partial charge in [0.15, 0.2) is 0 Å². The van der Waals surface area contributed by atoms with Gasteiger partial charge in [0.05, 0.1) is 0 Å². The van der Waals surface area contributed by atoms with E-state index in [1.54, 1.807) is 0 Å². The maximum atomic E-state index is 13.0. The number of carbonyl (C=O) groups excluding carboxylic acids is 1. The van der Waals surface area contributed by atoms with E-state index in [-0.39, 0.29) is 17.1 Å². The second-order valence-electron chi connectivity index (χ2n) is 6.85. The van der Waals surface area contributed by atoms with E-state index < -0.39 is 0 Å². The van der Waals surface area contributed by atoms with Crippen molar-refractivity contribution in [3.8, 4) is 0 Å². The highest BCUT2D eigenvalue weighted by Crippen LogP contribution is 2.47. The van der Waals surface area contributed by atoms with E-state index in [1.807, 2.05) is 18.2 Å². The average Bonchev–Trinajstić information content (AvgIpc) is 3.17. The van der Waals surface area contributed by atoms with Crippen LogP contribution in [0.15, 0.2) is 30.3 Å². The largest absolute Gasteiger partial charge is 0.350 e. The first-order valence-electron chi connectivity index (χ1n) is 8.07. The summed E-state index contributed by atoms with van der Waals surface area (Å²) in [6.45, 7) is 4.81. The maximum absolute atomic E-state index is 13.0. The van der Waals surface area contributed by atoms with E-state index in [1.165, 1.54) is 12.1 Å². The van der Waals surface area contributed by atoms with Gasteiger partial charge in [-0.25, -0.2) is 4.39 Å². The van der Waals surface area contributed by atoms with Gasteiger partial charge in [-0.1, -0.05) is 26.0 Å². The lowest BCUT2D eigenvalue weighted by molar-refractivity contribution is 0.0944. The molecule has 1 heterocycles. The molecule has 2 aromatic rings. The van der Waals surface area contributed by atoms with Crippen molar-refractivity contribution in [3.63, 3.8) is 0 Å². The van der Waals surface area contributed by atoms with Crippen molar-refractivity contribution in [3.05, 3.63) is 53.1 Å². The molecule has 4 nitrogen and oxygen atoms in total. The number of halogens is 1. The first kappa shape index (κ1) is 15.7. The quantitative estimate of drug-likeness (QED) is 0.860.